The molecule has 2 aliphatic rings. The summed E-state index contributed by atoms with van der Waals surface area (Å²) in [6.07, 6.45) is 6.75. The Balaban J connectivity index is 1.45. The fourth-order valence-corrected chi connectivity index (χ4v) is 6.06. The average molecular weight is 450 g/mol. The van der Waals surface area contributed by atoms with Crippen LogP contribution in [0.15, 0.2) is 36.4 Å². The third kappa shape index (κ3) is 4.60. The number of benzene rings is 1. The van der Waals surface area contributed by atoms with Crippen LogP contribution in [0, 0.1) is 6.92 Å². The van der Waals surface area contributed by atoms with Gasteiger partial charge in [0.1, 0.15) is 11.6 Å². The van der Waals surface area contributed by atoms with Gasteiger partial charge in [-0.3, -0.25) is 0 Å². The number of aryl methyl sites for hydroxylation is 1. The van der Waals surface area contributed by atoms with E-state index in [1.165, 1.54) is 0 Å². The summed E-state index contributed by atoms with van der Waals surface area (Å²) in [6, 6.07) is 12.0. The van der Waals surface area contributed by atoms with E-state index in [4.69, 9.17) is 9.97 Å². The maximum atomic E-state index is 11.9. The molecule has 2 fully saturated rings. The Morgan fingerprint density at radius 2 is 1.88 bits per heavy atom. The van der Waals surface area contributed by atoms with Gasteiger partial charge in [-0.25, -0.2) is 23.4 Å². The highest BCUT2D eigenvalue weighted by atomic mass is 32.2. The van der Waals surface area contributed by atoms with Gasteiger partial charge in [0.05, 0.1) is 22.7 Å². The summed E-state index contributed by atoms with van der Waals surface area (Å²) in [5.74, 6) is 2.53. The van der Waals surface area contributed by atoms with Crippen LogP contribution in [-0.2, 0) is 9.84 Å². The summed E-state index contributed by atoms with van der Waals surface area (Å²) in [6.45, 7) is 4.00. The van der Waals surface area contributed by atoms with Crippen molar-refractivity contribution >= 4 is 44.5 Å². The maximum absolute atomic E-state index is 11.9. The number of hydrogen-bond acceptors (Lipinski definition) is 7. The van der Waals surface area contributed by atoms with Crippen molar-refractivity contribution in [2.24, 2.45) is 0 Å². The second-order valence-electron chi connectivity index (χ2n) is 8.62. The summed E-state index contributed by atoms with van der Waals surface area (Å²) < 4.78 is 23.7. The summed E-state index contributed by atoms with van der Waals surface area (Å²) >= 11 is 0. The number of pyridine rings is 1. The highest BCUT2D eigenvalue weighted by Crippen LogP contribution is 2.24. The Kier molecular flexibility index (Phi) is 5.55. The molecule has 0 saturated carbocycles. The van der Waals surface area contributed by atoms with Gasteiger partial charge in [-0.2, -0.15) is 0 Å². The number of sulfone groups is 1. The molecule has 0 aliphatic carbocycles. The van der Waals surface area contributed by atoms with Crippen LogP contribution in [0.3, 0.4) is 0 Å². The van der Waals surface area contributed by atoms with Gasteiger partial charge in [-0.15, -0.1) is 0 Å². The molecule has 4 heterocycles. The van der Waals surface area contributed by atoms with Gasteiger partial charge in [0.25, 0.3) is 0 Å². The second-order valence-corrected chi connectivity index (χ2v) is 10.9. The molecule has 1 aromatic carbocycles. The first-order valence-corrected chi connectivity index (χ1v) is 12.9. The Morgan fingerprint density at radius 3 is 2.66 bits per heavy atom. The summed E-state index contributed by atoms with van der Waals surface area (Å²) in [4.78, 5) is 16.5. The van der Waals surface area contributed by atoms with Crippen LogP contribution in [-0.4, -0.2) is 54.0 Å². The zero-order valence-electron chi connectivity index (χ0n) is 18.2. The van der Waals surface area contributed by atoms with Crippen molar-refractivity contribution in [3.8, 4) is 0 Å². The van der Waals surface area contributed by atoms with Gasteiger partial charge >= 0.3 is 0 Å². The van der Waals surface area contributed by atoms with Crippen molar-refractivity contribution in [1.29, 1.82) is 0 Å². The van der Waals surface area contributed by atoms with Crippen molar-refractivity contribution in [3.05, 3.63) is 53.5 Å². The molecule has 5 rings (SSSR count). The number of hydrogen-bond donors (Lipinski definition) is 1. The zero-order valence-corrected chi connectivity index (χ0v) is 19.0. The molecule has 0 amide bonds. The quantitative estimate of drug-likeness (QED) is 0.635. The van der Waals surface area contributed by atoms with Crippen LogP contribution in [0.2, 0.25) is 0 Å². The third-order valence-corrected chi connectivity index (χ3v) is 7.86. The molecule has 32 heavy (non-hydrogen) atoms. The van der Waals surface area contributed by atoms with Crippen molar-refractivity contribution in [3.63, 3.8) is 0 Å². The molecule has 0 radical (unpaired) electrons. The van der Waals surface area contributed by atoms with E-state index in [0.717, 1.165) is 53.9 Å². The fraction of sp³-hybridized carbons (Fsp3) is 0.375. The predicted octanol–water partition coefficient (Wildman–Crippen LogP) is 3.70. The molecule has 1 N–H and O–H groups in total. The number of aromatic nitrogens is 3. The second kappa shape index (κ2) is 8.50. The van der Waals surface area contributed by atoms with Crippen molar-refractivity contribution in [2.75, 3.05) is 34.8 Å². The number of fused-ring (bicyclic) bond motifs is 1. The van der Waals surface area contributed by atoms with E-state index in [9.17, 15) is 8.42 Å². The lowest BCUT2D eigenvalue weighted by Crippen LogP contribution is -2.23. The van der Waals surface area contributed by atoms with Gasteiger partial charge in [0.15, 0.2) is 15.7 Å². The lowest BCUT2D eigenvalue weighted by molar-refractivity contribution is 0.602. The number of para-hydroxylation sites is 1. The number of nitrogens with zero attached hydrogens (tertiary/aromatic N) is 4. The molecule has 0 bridgehead atoms. The molecule has 2 aliphatic heterocycles. The molecule has 8 heteroatoms. The van der Waals surface area contributed by atoms with E-state index >= 15 is 0 Å². The van der Waals surface area contributed by atoms with E-state index in [1.54, 1.807) is 0 Å². The van der Waals surface area contributed by atoms with Crippen LogP contribution < -0.4 is 10.2 Å². The Bertz CT molecular complexity index is 1280. The zero-order chi connectivity index (χ0) is 22.1. The molecule has 7 nitrogen and oxygen atoms in total. The Labute approximate surface area is 188 Å². The topological polar surface area (TPSA) is 88.1 Å². The minimum Gasteiger partial charge on any atom is -0.366 e. The largest absolute Gasteiger partial charge is 0.366 e. The predicted molar refractivity (Wildman–Crippen MR) is 130 cm³/mol. The first-order chi connectivity index (χ1) is 15.4. The Hall–Kier alpha value is -3.00. The minimum absolute atomic E-state index is 0.109. The van der Waals surface area contributed by atoms with Gasteiger partial charge < -0.3 is 10.2 Å². The standard InChI is InChI=1S/C24H27N5O2S/c1-17-14-18-6-2-3-7-21(18)26-20(17)8-9-22-27-23(25-19-10-13-32(30,31)16-19)15-24(28-22)29-11-4-5-12-29/h2-3,6-9,14-15,19H,4-5,10-13,16H2,1H3,(H,25,27,28)/t19-/m1/s1. The maximum Gasteiger partial charge on any atom is 0.156 e. The van der Waals surface area contributed by atoms with E-state index in [1.807, 2.05) is 43.3 Å². The molecule has 0 unspecified atom stereocenters. The highest BCUT2D eigenvalue weighted by molar-refractivity contribution is 7.91. The van der Waals surface area contributed by atoms with Gasteiger partial charge in [-0.05, 0) is 56.0 Å². The van der Waals surface area contributed by atoms with Crippen LogP contribution >= 0.6 is 0 Å². The minimum atomic E-state index is -2.96. The van der Waals surface area contributed by atoms with Crippen LogP contribution in [0.25, 0.3) is 23.1 Å². The smallest absolute Gasteiger partial charge is 0.156 e. The SMILES string of the molecule is Cc1cc2ccccc2nc1C=Cc1nc(N[C@@H]2CCS(=O)(=O)C2)cc(N2CCCC2)n1. The molecule has 1 atom stereocenters. The van der Waals surface area contributed by atoms with Crippen LogP contribution in [0.4, 0.5) is 11.6 Å². The molecular weight excluding hydrogens is 422 g/mol. The molecule has 2 aromatic heterocycles. The first kappa shape index (κ1) is 20.9. The van der Waals surface area contributed by atoms with Gasteiger partial charge in [0.2, 0.25) is 0 Å². The fourth-order valence-electron chi connectivity index (χ4n) is 4.39. The normalized spacial score (nSPS) is 20.4. The molecule has 0 spiro atoms. The van der Waals surface area contributed by atoms with Crippen LogP contribution in [0.1, 0.15) is 36.3 Å². The molecule has 3 aromatic rings. The van der Waals surface area contributed by atoms with E-state index in [2.05, 4.69) is 27.3 Å². The Morgan fingerprint density at radius 1 is 1.06 bits per heavy atom. The van der Waals surface area contributed by atoms with Gasteiger partial charge in [-0.1, -0.05) is 18.2 Å². The monoisotopic (exact) mass is 449 g/mol. The molecular formula is C24H27N5O2S. The van der Waals surface area contributed by atoms with Crippen LogP contribution in [0.5, 0.6) is 0 Å². The van der Waals surface area contributed by atoms with E-state index in [0.29, 0.717) is 18.1 Å². The van der Waals surface area contributed by atoms with Gasteiger partial charge in [0, 0.05) is 30.6 Å². The third-order valence-electron chi connectivity index (χ3n) is 6.09. The first-order valence-electron chi connectivity index (χ1n) is 11.1. The highest BCUT2D eigenvalue weighted by Gasteiger charge is 2.28. The summed E-state index contributed by atoms with van der Waals surface area (Å²) in [7, 11) is -2.96. The van der Waals surface area contributed by atoms with E-state index in [-0.39, 0.29) is 17.5 Å². The summed E-state index contributed by atoms with van der Waals surface area (Å²) in [5, 5.41) is 4.45. The van der Waals surface area contributed by atoms with Crippen molar-refractivity contribution in [1.82, 2.24) is 15.0 Å². The molecule has 2 saturated heterocycles. The number of anilines is 2. The lowest BCUT2D eigenvalue weighted by Gasteiger charge is -2.19. The number of rotatable bonds is 5. The average Bonchev–Trinajstić information content (AvgIpc) is 3.42. The van der Waals surface area contributed by atoms with Crippen molar-refractivity contribution < 1.29 is 8.42 Å². The molecule has 166 valence electrons. The lowest BCUT2D eigenvalue weighted by atomic mass is 10.1. The summed E-state index contributed by atoms with van der Waals surface area (Å²) in [5.41, 5.74) is 2.93. The number of nitrogens with one attached hydrogen (secondary N) is 1. The van der Waals surface area contributed by atoms with Crippen molar-refractivity contribution in [2.45, 2.75) is 32.2 Å². The van der Waals surface area contributed by atoms with E-state index < -0.39 is 9.84 Å².